The summed E-state index contributed by atoms with van der Waals surface area (Å²) in [6, 6.07) is 0. The highest BCUT2D eigenvalue weighted by Gasteiger charge is 2.04. The highest BCUT2D eigenvalue weighted by atomic mass is 19.1. The Hall–Kier alpha value is -0.335. The zero-order valence-electron chi connectivity index (χ0n) is 4.80. The van der Waals surface area contributed by atoms with E-state index in [0.29, 0.717) is 0 Å². The van der Waals surface area contributed by atoms with Crippen LogP contribution in [0.25, 0.3) is 0 Å². The first-order valence-corrected chi connectivity index (χ1v) is 2.51. The maximum Gasteiger partial charge on any atom is 0.155 e. The summed E-state index contributed by atoms with van der Waals surface area (Å²) in [6.07, 6.45) is -0.984. The Morgan fingerprint density at radius 1 is 1.88 bits per heavy atom. The second kappa shape index (κ2) is 3.64. The molecule has 8 heavy (non-hydrogen) atoms. The van der Waals surface area contributed by atoms with Crippen LogP contribution in [0.15, 0.2) is 0 Å². The minimum atomic E-state index is -1.38. The maximum absolute atomic E-state index is 11.9. The van der Waals surface area contributed by atoms with E-state index in [9.17, 15) is 9.18 Å². The third-order valence-corrected chi connectivity index (χ3v) is 0.745. The van der Waals surface area contributed by atoms with Crippen LogP contribution in [-0.4, -0.2) is 20.3 Å². The van der Waals surface area contributed by atoms with Gasteiger partial charge in [-0.3, -0.25) is 0 Å². The normalized spacial score (nSPS) is 17.2. The monoisotopic (exact) mass is 114 g/mol. The van der Waals surface area contributed by atoms with Gasteiger partial charge < -0.3 is 4.79 Å². The van der Waals surface area contributed by atoms with Crippen molar-refractivity contribution in [2.75, 3.05) is 0 Å². The van der Waals surface area contributed by atoms with Crippen LogP contribution >= 0.6 is 0 Å². The molecule has 0 aliphatic rings. The second-order valence-corrected chi connectivity index (χ2v) is 1.87. The zero-order chi connectivity index (χ0) is 6.57. The Morgan fingerprint density at radius 3 is 2.50 bits per heavy atom. The van der Waals surface area contributed by atoms with Gasteiger partial charge in [0.15, 0.2) is 12.5 Å². The molecule has 0 fully saturated rings. The molecule has 0 unspecified atom stereocenters. The topological polar surface area (TPSA) is 17.1 Å². The van der Waals surface area contributed by atoms with Gasteiger partial charge in [-0.05, 0) is 6.42 Å². The molecule has 3 heteroatoms. The van der Waals surface area contributed by atoms with Gasteiger partial charge in [0.2, 0.25) is 0 Å². The van der Waals surface area contributed by atoms with Crippen molar-refractivity contribution < 1.29 is 9.18 Å². The summed E-state index contributed by atoms with van der Waals surface area (Å²) in [6.45, 7) is 1.66. The lowest BCUT2D eigenvalue weighted by atomic mass is 9.85. The van der Waals surface area contributed by atoms with Gasteiger partial charge in [0.05, 0.1) is 7.85 Å². The van der Waals surface area contributed by atoms with Crippen molar-refractivity contribution in [2.45, 2.75) is 25.3 Å². The molecule has 0 spiro atoms. The number of carbonyl (C=O) groups excluding carboxylic acids is 1. The van der Waals surface area contributed by atoms with Gasteiger partial charge in [0.25, 0.3) is 0 Å². The summed E-state index contributed by atoms with van der Waals surface area (Å²) in [7, 11) is 5.17. The average molecular weight is 114 g/mol. The van der Waals surface area contributed by atoms with E-state index in [2.05, 4.69) is 0 Å². The Labute approximate surface area is 49.7 Å². The predicted octanol–water partition coefficient (Wildman–Crippen LogP) is 0.890. The first-order chi connectivity index (χ1) is 3.66. The molecule has 44 valence electrons. The lowest BCUT2D eigenvalue weighted by Gasteiger charge is -2.01. The largest absolute Gasteiger partial charge is 0.300 e. The fourth-order valence-corrected chi connectivity index (χ4v) is 0.411. The molecular formula is C5H8BFO. The van der Waals surface area contributed by atoms with Gasteiger partial charge in [-0.2, -0.15) is 0 Å². The number of aldehydes is 1. The summed E-state index contributed by atoms with van der Waals surface area (Å²) in [5.41, 5.74) is 0. The summed E-state index contributed by atoms with van der Waals surface area (Å²) < 4.78 is 11.9. The Balaban J connectivity index is 3.23. The third kappa shape index (κ3) is 3.84. The fourth-order valence-electron chi connectivity index (χ4n) is 0.411. The summed E-state index contributed by atoms with van der Waals surface area (Å²) in [5.74, 6) is -0.227. The molecule has 0 saturated carbocycles. The Morgan fingerprint density at radius 2 is 2.38 bits per heavy atom. The minimum Gasteiger partial charge on any atom is -0.300 e. The van der Waals surface area contributed by atoms with Gasteiger partial charge in [0.1, 0.15) is 0 Å². The number of alkyl halides is 1. The number of hydrogen-bond acceptors (Lipinski definition) is 1. The van der Waals surface area contributed by atoms with Crippen molar-refractivity contribution in [3.05, 3.63) is 0 Å². The summed E-state index contributed by atoms with van der Waals surface area (Å²) in [5, 5.41) is 0. The third-order valence-electron chi connectivity index (χ3n) is 0.745. The van der Waals surface area contributed by atoms with Crippen molar-refractivity contribution >= 4 is 14.1 Å². The highest BCUT2D eigenvalue weighted by molar-refractivity contribution is 6.11. The molecule has 0 saturated heterocycles. The average Bonchev–Trinajstić information content (AvgIpc) is 1.65. The van der Waals surface area contributed by atoms with E-state index in [1.165, 1.54) is 0 Å². The smallest absolute Gasteiger partial charge is 0.155 e. The molecular weight excluding hydrogens is 106 g/mol. The van der Waals surface area contributed by atoms with E-state index < -0.39 is 6.17 Å². The van der Waals surface area contributed by atoms with Crippen LogP contribution in [0.4, 0.5) is 4.39 Å². The van der Waals surface area contributed by atoms with Gasteiger partial charge in [-0.25, -0.2) is 4.39 Å². The van der Waals surface area contributed by atoms with E-state index in [4.69, 9.17) is 7.85 Å². The molecule has 0 aliphatic heterocycles. The molecule has 2 atom stereocenters. The lowest BCUT2D eigenvalue weighted by molar-refractivity contribution is -0.112. The van der Waals surface area contributed by atoms with Crippen molar-refractivity contribution in [1.82, 2.24) is 0 Å². The van der Waals surface area contributed by atoms with Gasteiger partial charge in [0, 0.05) is 0 Å². The van der Waals surface area contributed by atoms with E-state index in [-0.39, 0.29) is 18.5 Å². The first-order valence-electron chi connectivity index (χ1n) is 2.51. The molecule has 0 aromatic heterocycles. The van der Waals surface area contributed by atoms with E-state index in [1.807, 2.05) is 0 Å². The number of halogens is 1. The molecule has 1 nitrogen and oxygen atoms in total. The molecule has 2 radical (unpaired) electrons. The van der Waals surface area contributed by atoms with Gasteiger partial charge in [-0.15, -0.1) is 0 Å². The van der Waals surface area contributed by atoms with Crippen LogP contribution < -0.4 is 0 Å². The van der Waals surface area contributed by atoms with Crippen LogP contribution in [0.1, 0.15) is 13.3 Å². The summed E-state index contributed by atoms with van der Waals surface area (Å²) >= 11 is 0. The number of carbonyl (C=O) groups is 1. The molecule has 0 bridgehead atoms. The number of rotatable bonds is 3. The van der Waals surface area contributed by atoms with E-state index >= 15 is 0 Å². The minimum absolute atomic E-state index is 0.128. The van der Waals surface area contributed by atoms with Gasteiger partial charge >= 0.3 is 0 Å². The lowest BCUT2D eigenvalue weighted by Crippen LogP contribution is -2.03. The fraction of sp³-hybridized carbons (Fsp3) is 0.800. The maximum atomic E-state index is 11.9. The Bertz CT molecular complexity index is 74.8. The van der Waals surface area contributed by atoms with Crippen LogP contribution in [-0.2, 0) is 4.79 Å². The van der Waals surface area contributed by atoms with Crippen LogP contribution in [0, 0.1) is 0 Å². The predicted molar refractivity (Wildman–Crippen MR) is 30.8 cm³/mol. The van der Waals surface area contributed by atoms with E-state index in [0.717, 1.165) is 0 Å². The van der Waals surface area contributed by atoms with Crippen LogP contribution in [0.5, 0.6) is 0 Å². The zero-order valence-corrected chi connectivity index (χ0v) is 4.80. The van der Waals surface area contributed by atoms with Crippen molar-refractivity contribution in [2.24, 2.45) is 0 Å². The molecule has 0 aliphatic carbocycles. The molecule has 0 rings (SSSR count). The molecule has 0 N–H and O–H groups in total. The SMILES string of the molecule is [B][C@@H](C)C[C@H](F)C=O. The van der Waals surface area contributed by atoms with Crippen LogP contribution in [0.2, 0.25) is 5.82 Å². The standard InChI is InChI=1S/C5H8BFO/c1-4(6)2-5(7)3-8/h3-5H,2H2,1H3/t4-,5-/m0/s1. The molecule has 0 amide bonds. The second-order valence-electron chi connectivity index (χ2n) is 1.87. The van der Waals surface area contributed by atoms with E-state index in [1.54, 1.807) is 6.92 Å². The van der Waals surface area contributed by atoms with Crippen LogP contribution in [0.3, 0.4) is 0 Å². The molecule has 0 aromatic carbocycles. The summed E-state index contributed by atoms with van der Waals surface area (Å²) in [4.78, 5) is 9.61. The highest BCUT2D eigenvalue weighted by Crippen LogP contribution is 2.07. The molecule has 0 aromatic rings. The van der Waals surface area contributed by atoms with Gasteiger partial charge in [-0.1, -0.05) is 12.7 Å². The first kappa shape index (κ1) is 7.66. The Kier molecular flexibility index (Phi) is 3.49. The van der Waals surface area contributed by atoms with Crippen molar-refractivity contribution in [3.63, 3.8) is 0 Å². The quantitative estimate of drug-likeness (QED) is 0.393. The van der Waals surface area contributed by atoms with Crippen molar-refractivity contribution in [1.29, 1.82) is 0 Å². The van der Waals surface area contributed by atoms with Crippen molar-refractivity contribution in [3.8, 4) is 0 Å². The number of hydrogen-bond donors (Lipinski definition) is 0. The molecule has 0 heterocycles.